The van der Waals surface area contributed by atoms with E-state index >= 15 is 0 Å². The predicted octanol–water partition coefficient (Wildman–Crippen LogP) is 2.68. The Morgan fingerprint density at radius 1 is 1.48 bits per heavy atom. The minimum atomic E-state index is -1.06. The van der Waals surface area contributed by atoms with Crippen molar-refractivity contribution in [2.75, 3.05) is 24.4 Å². The molecule has 0 saturated carbocycles. The molecular weight excluding hydrogens is 316 g/mol. The van der Waals surface area contributed by atoms with Crippen molar-refractivity contribution in [3.8, 4) is 5.75 Å². The third-order valence-corrected chi connectivity index (χ3v) is 3.58. The molecule has 0 heterocycles. The van der Waals surface area contributed by atoms with E-state index in [1.807, 2.05) is 6.26 Å². The molecule has 8 heteroatoms. The van der Waals surface area contributed by atoms with Crippen molar-refractivity contribution in [2.45, 2.75) is 12.5 Å². The number of methoxy groups -OCH3 is 1. The Labute approximate surface area is 132 Å². The van der Waals surface area contributed by atoms with E-state index in [9.17, 15) is 9.59 Å². The highest BCUT2D eigenvalue weighted by molar-refractivity contribution is 7.98. The van der Waals surface area contributed by atoms with Gasteiger partial charge in [0.2, 0.25) is 0 Å². The van der Waals surface area contributed by atoms with Gasteiger partial charge in [0.05, 0.1) is 12.1 Å². The number of rotatable bonds is 7. The van der Waals surface area contributed by atoms with Crippen molar-refractivity contribution in [3.63, 3.8) is 0 Å². The van der Waals surface area contributed by atoms with E-state index in [4.69, 9.17) is 21.4 Å². The maximum absolute atomic E-state index is 11.8. The molecule has 0 aliphatic rings. The van der Waals surface area contributed by atoms with Crippen molar-refractivity contribution in [2.24, 2.45) is 0 Å². The van der Waals surface area contributed by atoms with Gasteiger partial charge in [0.25, 0.3) is 0 Å². The fourth-order valence-corrected chi connectivity index (χ4v) is 2.22. The van der Waals surface area contributed by atoms with Crippen LogP contribution in [-0.2, 0) is 4.79 Å². The number of carbonyl (C=O) groups is 2. The van der Waals surface area contributed by atoms with Crippen LogP contribution in [0, 0.1) is 0 Å². The third kappa shape index (κ3) is 5.73. The lowest BCUT2D eigenvalue weighted by Gasteiger charge is -2.15. The summed E-state index contributed by atoms with van der Waals surface area (Å²) in [6.45, 7) is 0. The molecule has 1 aromatic carbocycles. The van der Waals surface area contributed by atoms with Crippen LogP contribution in [0.25, 0.3) is 0 Å². The molecule has 21 heavy (non-hydrogen) atoms. The summed E-state index contributed by atoms with van der Waals surface area (Å²) in [6, 6.07) is 3.22. The summed E-state index contributed by atoms with van der Waals surface area (Å²) in [4.78, 5) is 22.9. The summed E-state index contributed by atoms with van der Waals surface area (Å²) < 4.78 is 5.04. The lowest BCUT2D eigenvalue weighted by atomic mass is 10.2. The van der Waals surface area contributed by atoms with Gasteiger partial charge in [-0.1, -0.05) is 11.6 Å². The van der Waals surface area contributed by atoms with Gasteiger partial charge in [-0.15, -0.1) is 0 Å². The molecule has 0 aromatic heterocycles. The second-order valence-electron chi connectivity index (χ2n) is 4.12. The summed E-state index contributed by atoms with van der Waals surface area (Å²) in [5, 5.41) is 14.4. The Hall–Kier alpha value is -1.60. The predicted molar refractivity (Wildman–Crippen MR) is 84.6 cm³/mol. The smallest absolute Gasteiger partial charge is 0.326 e. The average Bonchev–Trinajstić information content (AvgIpc) is 2.45. The van der Waals surface area contributed by atoms with E-state index < -0.39 is 18.0 Å². The number of carboxylic acid groups (broad SMARTS) is 1. The first-order valence-corrected chi connectivity index (χ1v) is 7.88. The molecule has 3 N–H and O–H groups in total. The fraction of sp³-hybridized carbons (Fsp3) is 0.385. The van der Waals surface area contributed by atoms with Crippen LogP contribution in [0.3, 0.4) is 0 Å². The number of urea groups is 1. The molecule has 0 saturated heterocycles. The Morgan fingerprint density at radius 2 is 2.19 bits per heavy atom. The highest BCUT2D eigenvalue weighted by Crippen LogP contribution is 2.27. The second kappa shape index (κ2) is 8.63. The van der Waals surface area contributed by atoms with E-state index in [0.29, 0.717) is 28.6 Å². The molecular formula is C13H17ClN2O4S. The van der Waals surface area contributed by atoms with E-state index in [2.05, 4.69) is 10.6 Å². The zero-order valence-electron chi connectivity index (χ0n) is 11.7. The number of hydrogen-bond acceptors (Lipinski definition) is 4. The number of thioether (sulfide) groups is 1. The number of halogens is 1. The molecule has 0 unspecified atom stereocenters. The molecule has 0 fully saturated rings. The maximum Gasteiger partial charge on any atom is 0.326 e. The number of carboxylic acids is 1. The SMILES string of the molecule is COc1cc(NC(=O)N[C@@H](CCSC)C(=O)O)ccc1Cl. The van der Waals surface area contributed by atoms with Crippen LogP contribution in [-0.4, -0.2) is 42.3 Å². The van der Waals surface area contributed by atoms with Crippen LogP contribution in [0.5, 0.6) is 5.75 Å². The number of carbonyl (C=O) groups excluding carboxylic acids is 1. The van der Waals surface area contributed by atoms with Gasteiger partial charge >= 0.3 is 12.0 Å². The Morgan fingerprint density at radius 3 is 2.76 bits per heavy atom. The van der Waals surface area contributed by atoms with E-state index in [1.54, 1.807) is 18.2 Å². The van der Waals surface area contributed by atoms with Crippen molar-refractivity contribution >= 4 is 41.1 Å². The zero-order chi connectivity index (χ0) is 15.8. The van der Waals surface area contributed by atoms with Crippen LogP contribution in [0.4, 0.5) is 10.5 Å². The first kappa shape index (κ1) is 17.5. The molecule has 0 aliphatic carbocycles. The minimum absolute atomic E-state index is 0.355. The number of anilines is 1. The number of benzene rings is 1. The standard InChI is InChI=1S/C13H17ClN2O4S/c1-20-11-7-8(3-4-9(11)14)15-13(19)16-10(12(17)18)5-6-21-2/h3-4,7,10H,5-6H2,1-2H3,(H,17,18)(H2,15,16,19)/t10-/m0/s1. The minimum Gasteiger partial charge on any atom is -0.495 e. The van der Waals surface area contributed by atoms with Gasteiger partial charge in [0.1, 0.15) is 11.8 Å². The molecule has 0 bridgehead atoms. The first-order chi connectivity index (χ1) is 9.97. The van der Waals surface area contributed by atoms with Crippen LogP contribution in [0.2, 0.25) is 5.02 Å². The number of ether oxygens (including phenoxy) is 1. The number of nitrogens with one attached hydrogen (secondary N) is 2. The molecule has 6 nitrogen and oxygen atoms in total. The number of hydrogen-bond donors (Lipinski definition) is 3. The molecule has 0 aliphatic heterocycles. The highest BCUT2D eigenvalue weighted by atomic mass is 35.5. The van der Waals surface area contributed by atoms with Gasteiger partial charge in [-0.2, -0.15) is 11.8 Å². The summed E-state index contributed by atoms with van der Waals surface area (Å²) in [7, 11) is 1.47. The Bertz CT molecular complexity index is 513. The molecule has 116 valence electrons. The normalized spacial score (nSPS) is 11.6. The van der Waals surface area contributed by atoms with Crippen molar-refractivity contribution in [1.29, 1.82) is 0 Å². The lowest BCUT2D eigenvalue weighted by Crippen LogP contribution is -2.43. The topological polar surface area (TPSA) is 87.7 Å². The number of amides is 2. The molecule has 1 atom stereocenters. The van der Waals surface area contributed by atoms with Crippen LogP contribution >= 0.6 is 23.4 Å². The summed E-state index contributed by atoms with van der Waals surface area (Å²) in [5.74, 6) is 0.00552. The van der Waals surface area contributed by atoms with Crippen LogP contribution in [0.1, 0.15) is 6.42 Å². The van der Waals surface area contributed by atoms with Crippen molar-refractivity contribution in [1.82, 2.24) is 5.32 Å². The van der Waals surface area contributed by atoms with Gasteiger partial charge < -0.3 is 20.5 Å². The second-order valence-corrected chi connectivity index (χ2v) is 5.51. The van der Waals surface area contributed by atoms with Gasteiger partial charge in [0, 0.05) is 11.8 Å². The summed E-state index contributed by atoms with van der Waals surface area (Å²) in [6.07, 6.45) is 2.23. The van der Waals surface area contributed by atoms with E-state index in [-0.39, 0.29) is 0 Å². The molecule has 0 radical (unpaired) electrons. The van der Waals surface area contributed by atoms with Crippen molar-refractivity contribution < 1.29 is 19.4 Å². The third-order valence-electron chi connectivity index (χ3n) is 2.62. The van der Waals surface area contributed by atoms with Gasteiger partial charge in [-0.05, 0) is 30.6 Å². The first-order valence-electron chi connectivity index (χ1n) is 6.10. The van der Waals surface area contributed by atoms with E-state index in [1.165, 1.54) is 18.9 Å². The largest absolute Gasteiger partial charge is 0.495 e. The molecule has 0 spiro atoms. The summed E-state index contributed by atoms with van der Waals surface area (Å²) in [5.41, 5.74) is 0.461. The molecule has 1 aromatic rings. The lowest BCUT2D eigenvalue weighted by molar-refractivity contribution is -0.139. The van der Waals surface area contributed by atoms with Crippen molar-refractivity contribution in [3.05, 3.63) is 23.2 Å². The van der Waals surface area contributed by atoms with Gasteiger partial charge in [0.15, 0.2) is 0 Å². The fourth-order valence-electron chi connectivity index (χ4n) is 1.56. The molecule has 1 rings (SSSR count). The number of aliphatic carboxylic acids is 1. The highest BCUT2D eigenvalue weighted by Gasteiger charge is 2.19. The Kier molecular flexibility index (Phi) is 7.18. The van der Waals surface area contributed by atoms with Gasteiger partial charge in [-0.25, -0.2) is 9.59 Å². The zero-order valence-corrected chi connectivity index (χ0v) is 13.3. The van der Waals surface area contributed by atoms with E-state index in [0.717, 1.165) is 0 Å². The summed E-state index contributed by atoms with van der Waals surface area (Å²) >= 11 is 7.40. The van der Waals surface area contributed by atoms with Crippen LogP contribution in [0.15, 0.2) is 18.2 Å². The van der Waals surface area contributed by atoms with Gasteiger partial charge in [-0.3, -0.25) is 0 Å². The monoisotopic (exact) mass is 332 g/mol. The maximum atomic E-state index is 11.8. The quantitative estimate of drug-likeness (QED) is 0.714. The average molecular weight is 333 g/mol. The Balaban J connectivity index is 2.65. The molecule has 2 amide bonds. The van der Waals surface area contributed by atoms with Crippen LogP contribution < -0.4 is 15.4 Å².